The molecule has 0 unspecified atom stereocenters. The quantitative estimate of drug-likeness (QED) is 0.715. The molecule has 16 heavy (non-hydrogen) atoms. The number of terminal acetylenes is 1. The zero-order chi connectivity index (χ0) is 11.5. The molecule has 2 aromatic rings. The van der Waals surface area contributed by atoms with E-state index in [1.807, 2.05) is 38.2 Å². The molecule has 2 nitrogen and oxygen atoms in total. The van der Waals surface area contributed by atoms with Gasteiger partial charge in [-0.2, -0.15) is 0 Å². The topological polar surface area (TPSA) is 14.2 Å². The second kappa shape index (κ2) is 4.32. The molecule has 1 aromatic carbocycles. The van der Waals surface area contributed by atoms with Crippen LogP contribution in [-0.4, -0.2) is 10.7 Å². The first-order chi connectivity index (χ1) is 7.70. The molecule has 0 N–H and O–H groups in total. The third-order valence-corrected chi connectivity index (χ3v) is 2.38. The molecule has 0 aliphatic carbocycles. The Bertz CT molecular complexity index is 531. The lowest BCUT2D eigenvalue weighted by molar-refractivity contribution is 0.243. The van der Waals surface area contributed by atoms with Gasteiger partial charge in [0, 0.05) is 17.1 Å². The first-order valence-electron chi connectivity index (χ1n) is 5.39. The van der Waals surface area contributed by atoms with E-state index in [-0.39, 0.29) is 6.10 Å². The number of hydrogen-bond acceptors (Lipinski definition) is 1. The van der Waals surface area contributed by atoms with Gasteiger partial charge in [-0.15, -0.1) is 6.42 Å². The molecule has 2 rings (SSSR count). The maximum Gasteiger partial charge on any atom is 0.120 e. The zero-order valence-electron chi connectivity index (χ0n) is 9.60. The standard InChI is InChI=1S/C14H15NO/c1-4-8-15-9-7-12-10-13(16-11(2)3)5-6-14(12)15/h1,5-7,9-11H,8H2,2-3H3. The fraction of sp³-hybridized carbons (Fsp3) is 0.286. The van der Waals surface area contributed by atoms with Gasteiger partial charge in [-0.1, -0.05) is 5.92 Å². The van der Waals surface area contributed by atoms with Crippen molar-refractivity contribution in [2.45, 2.75) is 26.5 Å². The van der Waals surface area contributed by atoms with Crippen molar-refractivity contribution in [1.29, 1.82) is 0 Å². The van der Waals surface area contributed by atoms with Crippen molar-refractivity contribution in [2.24, 2.45) is 0 Å². The molecule has 82 valence electrons. The van der Waals surface area contributed by atoms with Gasteiger partial charge in [0.05, 0.1) is 12.6 Å². The first-order valence-corrected chi connectivity index (χ1v) is 5.39. The van der Waals surface area contributed by atoms with Crippen LogP contribution in [0, 0.1) is 12.3 Å². The lowest BCUT2D eigenvalue weighted by Crippen LogP contribution is -2.05. The average Bonchev–Trinajstić information content (AvgIpc) is 2.61. The highest BCUT2D eigenvalue weighted by Crippen LogP contribution is 2.22. The second-order valence-electron chi connectivity index (χ2n) is 4.03. The van der Waals surface area contributed by atoms with Crippen molar-refractivity contribution < 1.29 is 4.74 Å². The minimum atomic E-state index is 0.199. The Hall–Kier alpha value is -1.88. The summed E-state index contributed by atoms with van der Waals surface area (Å²) in [7, 11) is 0. The van der Waals surface area contributed by atoms with E-state index >= 15 is 0 Å². The van der Waals surface area contributed by atoms with Gasteiger partial charge in [0.2, 0.25) is 0 Å². The van der Waals surface area contributed by atoms with Crippen molar-refractivity contribution >= 4 is 10.9 Å². The predicted molar refractivity (Wildman–Crippen MR) is 66.5 cm³/mol. The van der Waals surface area contributed by atoms with E-state index in [1.54, 1.807) is 0 Å². The molecule has 0 amide bonds. The lowest BCUT2D eigenvalue weighted by Gasteiger charge is -2.09. The Morgan fingerprint density at radius 2 is 2.19 bits per heavy atom. The van der Waals surface area contributed by atoms with Gasteiger partial charge in [-0.3, -0.25) is 0 Å². The van der Waals surface area contributed by atoms with Gasteiger partial charge in [-0.05, 0) is 38.1 Å². The second-order valence-corrected chi connectivity index (χ2v) is 4.03. The largest absolute Gasteiger partial charge is 0.491 e. The fourth-order valence-corrected chi connectivity index (χ4v) is 1.76. The summed E-state index contributed by atoms with van der Waals surface area (Å²) in [6.45, 7) is 4.65. The highest BCUT2D eigenvalue weighted by molar-refractivity contribution is 5.81. The number of ether oxygens (including phenoxy) is 1. The summed E-state index contributed by atoms with van der Waals surface area (Å²) in [5.41, 5.74) is 1.15. The highest BCUT2D eigenvalue weighted by atomic mass is 16.5. The molecule has 0 atom stereocenters. The molecular weight excluding hydrogens is 198 g/mol. The van der Waals surface area contributed by atoms with Crippen LogP contribution in [0.3, 0.4) is 0 Å². The van der Waals surface area contributed by atoms with E-state index in [0.717, 1.165) is 16.7 Å². The van der Waals surface area contributed by atoms with Crippen LogP contribution < -0.4 is 4.74 Å². The monoisotopic (exact) mass is 213 g/mol. The summed E-state index contributed by atoms with van der Waals surface area (Å²) in [4.78, 5) is 0. The Labute approximate surface area is 95.8 Å². The predicted octanol–water partition coefficient (Wildman–Crippen LogP) is 3.06. The van der Waals surface area contributed by atoms with Crippen LogP contribution in [0.25, 0.3) is 10.9 Å². The normalized spacial score (nSPS) is 10.6. The maximum atomic E-state index is 5.64. The van der Waals surface area contributed by atoms with Gasteiger partial charge in [0.1, 0.15) is 5.75 Å². The molecule has 1 aromatic heterocycles. The molecule has 1 heterocycles. The summed E-state index contributed by atoms with van der Waals surface area (Å²) in [6, 6.07) is 8.13. The van der Waals surface area contributed by atoms with Crippen LogP contribution in [0.5, 0.6) is 5.75 Å². The number of aromatic nitrogens is 1. The minimum absolute atomic E-state index is 0.199. The van der Waals surface area contributed by atoms with E-state index < -0.39 is 0 Å². The number of hydrogen-bond donors (Lipinski definition) is 0. The zero-order valence-corrected chi connectivity index (χ0v) is 9.60. The van der Waals surface area contributed by atoms with Crippen molar-refractivity contribution in [3.05, 3.63) is 30.5 Å². The lowest BCUT2D eigenvalue weighted by atomic mass is 10.2. The average molecular weight is 213 g/mol. The summed E-state index contributed by atoms with van der Waals surface area (Å²) in [6.07, 6.45) is 7.51. The van der Waals surface area contributed by atoms with E-state index in [0.29, 0.717) is 6.54 Å². The van der Waals surface area contributed by atoms with E-state index in [2.05, 4.69) is 16.6 Å². The molecule has 0 bridgehead atoms. The molecular formula is C14H15NO. The van der Waals surface area contributed by atoms with Crippen LogP contribution in [0.4, 0.5) is 0 Å². The van der Waals surface area contributed by atoms with Gasteiger partial charge >= 0.3 is 0 Å². The van der Waals surface area contributed by atoms with E-state index in [9.17, 15) is 0 Å². The van der Waals surface area contributed by atoms with Crippen LogP contribution in [0.15, 0.2) is 30.5 Å². The van der Waals surface area contributed by atoms with Crippen LogP contribution in [-0.2, 0) is 6.54 Å². The van der Waals surface area contributed by atoms with Crippen molar-refractivity contribution in [3.8, 4) is 18.1 Å². The highest BCUT2D eigenvalue weighted by Gasteiger charge is 2.03. The molecule has 0 fully saturated rings. The SMILES string of the molecule is C#CCn1ccc2cc(OC(C)C)ccc21. The molecule has 2 heteroatoms. The maximum absolute atomic E-state index is 5.64. The van der Waals surface area contributed by atoms with Crippen LogP contribution in [0.2, 0.25) is 0 Å². The smallest absolute Gasteiger partial charge is 0.120 e. The van der Waals surface area contributed by atoms with Crippen molar-refractivity contribution in [2.75, 3.05) is 0 Å². The molecule has 0 aliphatic rings. The van der Waals surface area contributed by atoms with Crippen molar-refractivity contribution in [3.63, 3.8) is 0 Å². The minimum Gasteiger partial charge on any atom is -0.491 e. The van der Waals surface area contributed by atoms with Crippen molar-refractivity contribution in [1.82, 2.24) is 4.57 Å². The Balaban J connectivity index is 2.38. The van der Waals surface area contributed by atoms with Crippen LogP contribution in [0.1, 0.15) is 13.8 Å². The van der Waals surface area contributed by atoms with Gasteiger partial charge in [0.25, 0.3) is 0 Å². The molecule has 0 saturated heterocycles. The summed E-state index contributed by atoms with van der Waals surface area (Å²) in [5.74, 6) is 3.54. The Kier molecular flexibility index (Phi) is 2.87. The van der Waals surface area contributed by atoms with E-state index in [1.165, 1.54) is 0 Å². The molecule has 0 saturated carbocycles. The van der Waals surface area contributed by atoms with Gasteiger partial charge in [-0.25, -0.2) is 0 Å². The molecule has 0 spiro atoms. The first kappa shape index (κ1) is 10.6. The third kappa shape index (κ3) is 2.04. The third-order valence-electron chi connectivity index (χ3n) is 2.38. The number of fused-ring (bicyclic) bond motifs is 1. The number of benzene rings is 1. The summed E-state index contributed by atoms with van der Waals surface area (Å²) >= 11 is 0. The number of rotatable bonds is 3. The number of nitrogens with zero attached hydrogens (tertiary/aromatic N) is 1. The van der Waals surface area contributed by atoms with E-state index in [4.69, 9.17) is 11.2 Å². The van der Waals surface area contributed by atoms with Crippen LogP contribution >= 0.6 is 0 Å². The Morgan fingerprint density at radius 3 is 2.88 bits per heavy atom. The summed E-state index contributed by atoms with van der Waals surface area (Å²) in [5, 5.41) is 1.16. The molecule has 0 aliphatic heterocycles. The van der Waals surface area contributed by atoms with Gasteiger partial charge < -0.3 is 9.30 Å². The summed E-state index contributed by atoms with van der Waals surface area (Å²) < 4.78 is 7.69. The van der Waals surface area contributed by atoms with Gasteiger partial charge in [0.15, 0.2) is 0 Å². The fourth-order valence-electron chi connectivity index (χ4n) is 1.76. The Morgan fingerprint density at radius 1 is 1.38 bits per heavy atom. The molecule has 0 radical (unpaired) electrons.